The van der Waals surface area contributed by atoms with Crippen LogP contribution in [0.25, 0.3) is 0 Å². The summed E-state index contributed by atoms with van der Waals surface area (Å²) in [6, 6.07) is 3.71. The summed E-state index contributed by atoms with van der Waals surface area (Å²) < 4.78 is 0. The lowest BCUT2D eigenvalue weighted by Gasteiger charge is -2.36. The molecule has 0 atom stereocenters. The number of rotatable bonds is 6. The lowest BCUT2D eigenvalue weighted by Crippen LogP contribution is -2.53. The molecule has 166 valence electrons. The number of anilines is 2. The van der Waals surface area contributed by atoms with Crippen molar-refractivity contribution in [2.24, 2.45) is 4.99 Å². The fraction of sp³-hybridized carbons (Fsp3) is 0.571. The van der Waals surface area contributed by atoms with E-state index in [4.69, 9.17) is 4.99 Å². The normalized spacial score (nSPS) is 18.4. The molecule has 2 aliphatic rings. The Bertz CT molecular complexity index is 799. The third-order valence-electron chi connectivity index (χ3n) is 5.63. The zero-order chi connectivity index (χ0) is 21.3. The van der Waals surface area contributed by atoms with Crippen LogP contribution >= 0.6 is 0 Å². The second-order valence-electron chi connectivity index (χ2n) is 7.64. The van der Waals surface area contributed by atoms with Gasteiger partial charge in [0.2, 0.25) is 11.9 Å². The van der Waals surface area contributed by atoms with E-state index in [-0.39, 0.29) is 0 Å². The molecule has 0 unspecified atom stereocenters. The highest BCUT2D eigenvalue weighted by molar-refractivity contribution is 5.80. The van der Waals surface area contributed by atoms with Crippen LogP contribution in [0.15, 0.2) is 41.9 Å². The third-order valence-corrected chi connectivity index (χ3v) is 5.63. The first-order valence-electron chi connectivity index (χ1n) is 11.1. The van der Waals surface area contributed by atoms with Gasteiger partial charge in [-0.15, -0.1) is 0 Å². The minimum absolute atomic E-state index is 0.798. The molecule has 2 aliphatic heterocycles. The van der Waals surface area contributed by atoms with Crippen molar-refractivity contribution in [1.29, 1.82) is 0 Å². The van der Waals surface area contributed by atoms with Crippen LogP contribution in [0, 0.1) is 0 Å². The molecule has 10 nitrogen and oxygen atoms in total. The molecule has 0 aliphatic carbocycles. The Labute approximate surface area is 184 Å². The maximum Gasteiger partial charge on any atom is 0.225 e. The highest BCUT2D eigenvalue weighted by Gasteiger charge is 2.22. The summed E-state index contributed by atoms with van der Waals surface area (Å²) in [5, 5.41) is 3.46. The van der Waals surface area contributed by atoms with E-state index in [9.17, 15) is 0 Å². The first-order valence-corrected chi connectivity index (χ1v) is 11.1. The molecule has 4 heterocycles. The Morgan fingerprint density at radius 3 is 1.84 bits per heavy atom. The van der Waals surface area contributed by atoms with E-state index in [2.05, 4.69) is 51.8 Å². The number of piperazine rings is 2. The van der Waals surface area contributed by atoms with Gasteiger partial charge in [-0.1, -0.05) is 0 Å². The van der Waals surface area contributed by atoms with Gasteiger partial charge in [0.15, 0.2) is 5.96 Å². The molecule has 0 bridgehead atoms. The lowest BCUT2D eigenvalue weighted by atomic mass is 10.3. The van der Waals surface area contributed by atoms with Crippen LogP contribution in [-0.4, -0.2) is 108 Å². The first kappa shape index (κ1) is 21.2. The molecule has 0 saturated carbocycles. The summed E-state index contributed by atoms with van der Waals surface area (Å²) in [6.07, 6.45) is 7.20. The second-order valence-corrected chi connectivity index (χ2v) is 7.64. The van der Waals surface area contributed by atoms with Gasteiger partial charge >= 0.3 is 0 Å². The summed E-state index contributed by atoms with van der Waals surface area (Å²) in [5.74, 6) is 2.64. The number of guanidine groups is 1. The molecule has 2 aromatic heterocycles. The smallest absolute Gasteiger partial charge is 0.225 e. The fourth-order valence-corrected chi connectivity index (χ4v) is 3.92. The van der Waals surface area contributed by atoms with E-state index in [0.29, 0.717) is 0 Å². The summed E-state index contributed by atoms with van der Waals surface area (Å²) in [7, 11) is 0. The molecular formula is C21H32N10. The second kappa shape index (κ2) is 10.9. The zero-order valence-electron chi connectivity index (χ0n) is 18.3. The van der Waals surface area contributed by atoms with Gasteiger partial charge in [-0.2, -0.15) is 0 Å². The van der Waals surface area contributed by atoms with Gasteiger partial charge in [0.05, 0.1) is 6.54 Å². The van der Waals surface area contributed by atoms with Crippen molar-refractivity contribution in [3.05, 3.63) is 36.9 Å². The maximum atomic E-state index is 4.91. The molecule has 2 aromatic rings. The number of nitrogens with one attached hydrogen (secondary N) is 1. The molecule has 10 heteroatoms. The highest BCUT2D eigenvalue weighted by atomic mass is 15.4. The topological polar surface area (TPSA) is 88.9 Å². The number of hydrogen-bond acceptors (Lipinski definition) is 8. The summed E-state index contributed by atoms with van der Waals surface area (Å²) in [6.45, 7) is 12.3. The van der Waals surface area contributed by atoms with Gasteiger partial charge in [-0.05, 0) is 19.1 Å². The largest absolute Gasteiger partial charge is 0.357 e. The van der Waals surface area contributed by atoms with Crippen LogP contribution in [0.4, 0.5) is 11.9 Å². The average Bonchev–Trinajstić information content (AvgIpc) is 2.85. The zero-order valence-corrected chi connectivity index (χ0v) is 18.3. The SMILES string of the molecule is CCNC(=NCCN1CCN(c2ncccn2)CC1)N1CCN(c2ncccn2)CC1. The predicted molar refractivity (Wildman–Crippen MR) is 122 cm³/mol. The van der Waals surface area contributed by atoms with Crippen molar-refractivity contribution < 1.29 is 0 Å². The van der Waals surface area contributed by atoms with Crippen LogP contribution < -0.4 is 15.1 Å². The van der Waals surface area contributed by atoms with Gasteiger partial charge in [0.1, 0.15) is 0 Å². The van der Waals surface area contributed by atoms with E-state index in [1.54, 1.807) is 24.8 Å². The molecule has 0 amide bonds. The van der Waals surface area contributed by atoms with E-state index in [1.807, 2.05) is 12.1 Å². The van der Waals surface area contributed by atoms with E-state index >= 15 is 0 Å². The lowest BCUT2D eigenvalue weighted by molar-refractivity contribution is 0.263. The Balaban J connectivity index is 1.23. The first-order chi connectivity index (χ1) is 15.3. The Kier molecular flexibility index (Phi) is 7.43. The standard InChI is InChI=1S/C21H32N10/c1-2-22-19(30-15-17-31(18-16-30)21-25-7-4-8-26-21)27-9-10-28-11-13-29(14-12-28)20-23-5-3-6-24-20/h3-8H,2,9-18H2,1H3,(H,22,27). The number of aromatic nitrogens is 4. The van der Waals surface area contributed by atoms with Gasteiger partial charge in [0, 0.05) is 90.2 Å². The predicted octanol–water partition coefficient (Wildman–Crippen LogP) is 0.176. The molecule has 31 heavy (non-hydrogen) atoms. The molecule has 2 fully saturated rings. The summed E-state index contributed by atoms with van der Waals surface area (Å²) in [5.41, 5.74) is 0. The van der Waals surface area contributed by atoms with Gasteiger partial charge in [-0.25, -0.2) is 19.9 Å². The van der Waals surface area contributed by atoms with Gasteiger partial charge in [-0.3, -0.25) is 9.89 Å². The Hall–Kier alpha value is -3.01. The summed E-state index contributed by atoms with van der Waals surface area (Å²) >= 11 is 0. The third kappa shape index (κ3) is 5.78. The monoisotopic (exact) mass is 424 g/mol. The van der Waals surface area contributed by atoms with Crippen LogP contribution in [0.2, 0.25) is 0 Å². The van der Waals surface area contributed by atoms with Crippen molar-refractivity contribution >= 4 is 17.9 Å². The number of hydrogen-bond donors (Lipinski definition) is 1. The van der Waals surface area contributed by atoms with Crippen molar-refractivity contribution in [2.75, 3.05) is 81.8 Å². The van der Waals surface area contributed by atoms with Gasteiger partial charge < -0.3 is 20.0 Å². The van der Waals surface area contributed by atoms with E-state index < -0.39 is 0 Å². The molecule has 0 spiro atoms. The molecular weight excluding hydrogens is 392 g/mol. The Morgan fingerprint density at radius 2 is 1.32 bits per heavy atom. The summed E-state index contributed by atoms with van der Waals surface area (Å²) in [4.78, 5) is 31.7. The fourth-order valence-electron chi connectivity index (χ4n) is 3.92. The molecule has 1 N–H and O–H groups in total. The molecule has 4 rings (SSSR count). The van der Waals surface area contributed by atoms with Gasteiger partial charge in [0.25, 0.3) is 0 Å². The quantitative estimate of drug-likeness (QED) is 0.515. The average molecular weight is 425 g/mol. The van der Waals surface area contributed by atoms with Crippen molar-refractivity contribution in [3.63, 3.8) is 0 Å². The molecule has 0 radical (unpaired) electrons. The number of nitrogens with zero attached hydrogens (tertiary/aromatic N) is 9. The van der Waals surface area contributed by atoms with Crippen LogP contribution in [0.3, 0.4) is 0 Å². The maximum absolute atomic E-state index is 4.91. The van der Waals surface area contributed by atoms with Crippen molar-refractivity contribution in [3.8, 4) is 0 Å². The minimum Gasteiger partial charge on any atom is -0.357 e. The van der Waals surface area contributed by atoms with Crippen LogP contribution in [0.1, 0.15) is 6.92 Å². The van der Waals surface area contributed by atoms with E-state index in [0.717, 1.165) is 89.8 Å². The minimum atomic E-state index is 0.798. The number of aliphatic imine (C=N–C) groups is 1. The van der Waals surface area contributed by atoms with Crippen molar-refractivity contribution in [2.45, 2.75) is 6.92 Å². The molecule has 0 aromatic carbocycles. The highest BCUT2D eigenvalue weighted by Crippen LogP contribution is 2.11. The molecule has 2 saturated heterocycles. The van der Waals surface area contributed by atoms with Crippen LogP contribution in [0.5, 0.6) is 0 Å². The van der Waals surface area contributed by atoms with E-state index in [1.165, 1.54) is 0 Å². The Morgan fingerprint density at radius 1 is 0.806 bits per heavy atom. The van der Waals surface area contributed by atoms with Crippen molar-refractivity contribution in [1.82, 2.24) is 35.1 Å². The van der Waals surface area contributed by atoms with Crippen LogP contribution in [-0.2, 0) is 0 Å².